The van der Waals surface area contributed by atoms with Crippen LogP contribution in [0.5, 0.6) is 0 Å². The normalized spacial score (nSPS) is 16.1. The fourth-order valence-corrected chi connectivity index (χ4v) is 2.50. The second-order valence-corrected chi connectivity index (χ2v) is 5.63. The number of nitrogens with zero attached hydrogens (tertiary/aromatic N) is 3. The Morgan fingerprint density at radius 3 is 2.95 bits per heavy atom. The third-order valence-electron chi connectivity index (χ3n) is 3.08. The van der Waals surface area contributed by atoms with Crippen molar-refractivity contribution in [2.45, 2.75) is 25.8 Å². The first-order valence-electron chi connectivity index (χ1n) is 6.46. The van der Waals surface area contributed by atoms with Gasteiger partial charge in [0, 0.05) is 25.3 Å². The van der Waals surface area contributed by atoms with Gasteiger partial charge in [-0.2, -0.15) is 4.98 Å². The highest BCUT2D eigenvalue weighted by molar-refractivity contribution is 9.10. The van der Waals surface area contributed by atoms with E-state index in [2.05, 4.69) is 31.2 Å². The molecule has 0 saturated carbocycles. The number of rotatable bonds is 3. The molecule has 110 valence electrons. The Labute approximate surface area is 131 Å². The van der Waals surface area contributed by atoms with E-state index in [4.69, 9.17) is 16.3 Å². The number of amides is 1. The molecule has 1 aliphatic rings. The summed E-state index contributed by atoms with van der Waals surface area (Å²) >= 11 is 9.16. The molecular formula is C12H16BrClN4O2. The molecule has 2 rings (SSSR count). The van der Waals surface area contributed by atoms with Crippen molar-refractivity contribution in [3.63, 3.8) is 0 Å². The molecule has 1 fully saturated rings. The highest BCUT2D eigenvalue weighted by Crippen LogP contribution is 2.23. The lowest BCUT2D eigenvalue weighted by Gasteiger charge is -2.32. The molecule has 20 heavy (non-hydrogen) atoms. The largest absolute Gasteiger partial charge is 0.450 e. The molecule has 0 spiro atoms. The maximum Gasteiger partial charge on any atom is 0.409 e. The van der Waals surface area contributed by atoms with E-state index in [0.29, 0.717) is 25.5 Å². The second-order valence-electron chi connectivity index (χ2n) is 4.44. The monoisotopic (exact) mass is 362 g/mol. The number of likely N-dealkylation sites (tertiary alicyclic amines) is 1. The van der Waals surface area contributed by atoms with Crippen molar-refractivity contribution in [3.8, 4) is 0 Å². The average molecular weight is 364 g/mol. The van der Waals surface area contributed by atoms with Crippen LogP contribution in [0.15, 0.2) is 10.7 Å². The van der Waals surface area contributed by atoms with Crippen LogP contribution in [0.4, 0.5) is 10.6 Å². The number of hydrogen-bond donors (Lipinski definition) is 1. The Balaban J connectivity index is 1.88. The van der Waals surface area contributed by atoms with E-state index in [9.17, 15) is 4.79 Å². The number of ether oxygens (including phenoxy) is 1. The lowest BCUT2D eigenvalue weighted by Crippen LogP contribution is -2.42. The number of nitrogens with one attached hydrogen (secondary N) is 1. The number of anilines is 1. The molecule has 1 amide bonds. The predicted octanol–water partition coefficient (Wildman–Crippen LogP) is 2.93. The van der Waals surface area contributed by atoms with E-state index in [-0.39, 0.29) is 17.4 Å². The summed E-state index contributed by atoms with van der Waals surface area (Å²) in [4.78, 5) is 21.4. The summed E-state index contributed by atoms with van der Waals surface area (Å²) in [6.07, 6.45) is 3.06. The van der Waals surface area contributed by atoms with Crippen molar-refractivity contribution in [2.24, 2.45) is 0 Å². The zero-order chi connectivity index (χ0) is 14.5. The van der Waals surface area contributed by atoms with Gasteiger partial charge < -0.3 is 15.0 Å². The Kier molecular flexibility index (Phi) is 5.42. The fraction of sp³-hybridized carbons (Fsp3) is 0.583. The molecule has 1 aromatic rings. The first-order chi connectivity index (χ1) is 9.60. The van der Waals surface area contributed by atoms with Gasteiger partial charge in [-0.05, 0) is 47.3 Å². The summed E-state index contributed by atoms with van der Waals surface area (Å²) in [5, 5.41) is 3.53. The highest BCUT2D eigenvalue weighted by atomic mass is 79.9. The van der Waals surface area contributed by atoms with E-state index in [1.165, 1.54) is 0 Å². The molecule has 1 saturated heterocycles. The molecule has 0 unspecified atom stereocenters. The van der Waals surface area contributed by atoms with Crippen LogP contribution in [0.3, 0.4) is 0 Å². The predicted molar refractivity (Wildman–Crippen MR) is 80.0 cm³/mol. The molecule has 1 aromatic heterocycles. The molecule has 1 N–H and O–H groups in total. The van der Waals surface area contributed by atoms with Gasteiger partial charge in [0.05, 0.1) is 11.1 Å². The first-order valence-corrected chi connectivity index (χ1v) is 7.63. The Bertz CT molecular complexity index is 481. The van der Waals surface area contributed by atoms with Crippen molar-refractivity contribution >= 4 is 39.4 Å². The van der Waals surface area contributed by atoms with Gasteiger partial charge in [-0.3, -0.25) is 0 Å². The lowest BCUT2D eigenvalue weighted by molar-refractivity contribution is 0.0983. The fourth-order valence-electron chi connectivity index (χ4n) is 2.06. The van der Waals surface area contributed by atoms with Crippen molar-refractivity contribution < 1.29 is 9.53 Å². The summed E-state index contributed by atoms with van der Waals surface area (Å²) in [5.74, 6) is 0.680. The molecule has 0 radical (unpaired) electrons. The van der Waals surface area contributed by atoms with Gasteiger partial charge in [-0.1, -0.05) is 0 Å². The van der Waals surface area contributed by atoms with E-state index >= 15 is 0 Å². The van der Waals surface area contributed by atoms with Crippen LogP contribution in [-0.4, -0.2) is 46.7 Å². The minimum absolute atomic E-state index is 0.208. The molecule has 1 aliphatic heterocycles. The SMILES string of the molecule is CCOC(=O)N1CCC(Nc2nc(Cl)ncc2Br)CC1. The van der Waals surface area contributed by atoms with E-state index in [1.807, 2.05) is 6.92 Å². The minimum Gasteiger partial charge on any atom is -0.450 e. The average Bonchev–Trinajstić information content (AvgIpc) is 2.44. The minimum atomic E-state index is -0.239. The van der Waals surface area contributed by atoms with Gasteiger partial charge in [-0.25, -0.2) is 9.78 Å². The van der Waals surface area contributed by atoms with Crippen LogP contribution in [0.1, 0.15) is 19.8 Å². The van der Waals surface area contributed by atoms with Crippen LogP contribution < -0.4 is 5.32 Å². The summed E-state index contributed by atoms with van der Waals surface area (Å²) < 4.78 is 5.76. The van der Waals surface area contributed by atoms with Gasteiger partial charge in [0.1, 0.15) is 5.82 Å². The molecular weight excluding hydrogens is 348 g/mol. The maximum atomic E-state index is 11.6. The third kappa shape index (κ3) is 3.96. The topological polar surface area (TPSA) is 67.3 Å². The Morgan fingerprint density at radius 1 is 1.60 bits per heavy atom. The second kappa shape index (κ2) is 7.08. The standard InChI is InChI=1S/C12H16BrClN4O2/c1-2-20-12(19)18-5-3-8(4-6-18)16-10-9(13)7-15-11(14)17-10/h7-8H,2-6H2,1H3,(H,15,16,17). The van der Waals surface area contributed by atoms with Crippen LogP contribution in [0, 0.1) is 0 Å². The zero-order valence-corrected chi connectivity index (χ0v) is 13.4. The lowest BCUT2D eigenvalue weighted by atomic mass is 10.1. The van der Waals surface area contributed by atoms with Gasteiger partial charge in [0.15, 0.2) is 0 Å². The van der Waals surface area contributed by atoms with E-state index < -0.39 is 0 Å². The van der Waals surface area contributed by atoms with Crippen LogP contribution >= 0.6 is 27.5 Å². The van der Waals surface area contributed by atoms with Gasteiger partial charge in [0.25, 0.3) is 0 Å². The number of piperidine rings is 1. The summed E-state index contributed by atoms with van der Waals surface area (Å²) in [7, 11) is 0. The molecule has 2 heterocycles. The van der Waals surface area contributed by atoms with Crippen molar-refractivity contribution in [2.75, 3.05) is 25.0 Å². The summed E-state index contributed by atoms with van der Waals surface area (Å²) in [5.41, 5.74) is 0. The van der Waals surface area contributed by atoms with Crippen LogP contribution in [0.25, 0.3) is 0 Å². The number of aromatic nitrogens is 2. The molecule has 0 atom stereocenters. The first kappa shape index (κ1) is 15.3. The number of carbonyl (C=O) groups excluding carboxylic acids is 1. The molecule has 0 bridgehead atoms. The quantitative estimate of drug-likeness (QED) is 0.836. The molecule has 0 aliphatic carbocycles. The van der Waals surface area contributed by atoms with E-state index in [0.717, 1.165) is 17.3 Å². The summed E-state index contributed by atoms with van der Waals surface area (Å²) in [6, 6.07) is 0.253. The highest BCUT2D eigenvalue weighted by Gasteiger charge is 2.24. The van der Waals surface area contributed by atoms with Crippen molar-refractivity contribution in [3.05, 3.63) is 16.0 Å². The maximum absolute atomic E-state index is 11.6. The molecule has 6 nitrogen and oxygen atoms in total. The van der Waals surface area contributed by atoms with Gasteiger partial charge >= 0.3 is 6.09 Å². The van der Waals surface area contributed by atoms with Crippen LogP contribution in [-0.2, 0) is 4.74 Å². The number of halogens is 2. The summed E-state index contributed by atoms with van der Waals surface area (Å²) in [6.45, 7) is 3.56. The molecule has 0 aromatic carbocycles. The zero-order valence-electron chi connectivity index (χ0n) is 11.1. The van der Waals surface area contributed by atoms with E-state index in [1.54, 1.807) is 11.1 Å². The Hall–Kier alpha value is -1.08. The smallest absolute Gasteiger partial charge is 0.409 e. The van der Waals surface area contributed by atoms with Gasteiger partial charge in [-0.15, -0.1) is 0 Å². The van der Waals surface area contributed by atoms with Crippen molar-refractivity contribution in [1.82, 2.24) is 14.9 Å². The van der Waals surface area contributed by atoms with Crippen LogP contribution in [0.2, 0.25) is 5.28 Å². The van der Waals surface area contributed by atoms with Crippen molar-refractivity contribution in [1.29, 1.82) is 0 Å². The number of hydrogen-bond acceptors (Lipinski definition) is 5. The Morgan fingerprint density at radius 2 is 2.30 bits per heavy atom. The number of carbonyl (C=O) groups is 1. The molecule has 8 heteroatoms. The third-order valence-corrected chi connectivity index (χ3v) is 3.84. The van der Waals surface area contributed by atoms with Gasteiger partial charge in [0.2, 0.25) is 5.28 Å².